The molecule has 382 valence electrons. The number of aliphatic hydroxyl groups excluding tert-OH is 2. The highest BCUT2D eigenvalue weighted by Crippen LogP contribution is 2.40. The van der Waals surface area contributed by atoms with Gasteiger partial charge in [0.05, 0.1) is 31.3 Å². The van der Waals surface area contributed by atoms with E-state index in [9.17, 15) is 10.2 Å². The lowest BCUT2D eigenvalue weighted by molar-refractivity contribution is 0.00610. The molecule has 5 aromatic rings. The van der Waals surface area contributed by atoms with Crippen LogP contribution in [0.1, 0.15) is 37.4 Å². The van der Waals surface area contributed by atoms with Crippen LogP contribution in [-0.2, 0) is 9.47 Å². The molecule has 4 unspecified atom stereocenters. The van der Waals surface area contributed by atoms with E-state index in [0.717, 1.165) is 85.3 Å². The second-order valence-corrected chi connectivity index (χ2v) is 18.5. The number of piperazine rings is 1. The molecular formula is C51H71N13O7. The van der Waals surface area contributed by atoms with Crippen LogP contribution < -0.4 is 44.4 Å². The van der Waals surface area contributed by atoms with Gasteiger partial charge in [0.25, 0.3) is 0 Å². The van der Waals surface area contributed by atoms with E-state index in [-0.39, 0.29) is 37.4 Å². The van der Waals surface area contributed by atoms with Crippen LogP contribution in [0.25, 0.3) is 22.8 Å². The number of hydrogen-bond acceptors (Lipinski definition) is 20. The zero-order valence-corrected chi connectivity index (χ0v) is 42.2. The van der Waals surface area contributed by atoms with Crippen molar-refractivity contribution in [2.45, 2.75) is 56.1 Å². The standard InChI is InChI=1S/C51H71N13O7/c1-52-30-38(65)32-70-40-10-8-9-34(23-40)49-56-47(27-48(59-49)64-18-16-60(3)17-19-64)62(5)36-15-22-69-44(24-36)42-12-11-41(71-33-39(66)31-53-2)25-43(42)50-57-45(61(4)35-13-20-68-21-14-35)26-46(58-50)63(6)37-28-54-51(67-7)55-29-37/h8-12,23,25-29,35-36,38-39,44,52-53,65-66H,13-22,24,30-33H2,1-7H3. The Morgan fingerprint density at radius 1 is 0.732 bits per heavy atom. The fourth-order valence-electron chi connectivity index (χ4n) is 9.14. The van der Waals surface area contributed by atoms with Gasteiger partial charge >= 0.3 is 6.01 Å². The lowest BCUT2D eigenvalue weighted by atomic mass is 9.92. The van der Waals surface area contributed by atoms with Gasteiger partial charge in [0.1, 0.15) is 60.2 Å². The summed E-state index contributed by atoms with van der Waals surface area (Å²) in [4.78, 5) is 40.8. The first kappa shape index (κ1) is 51.4. The molecule has 71 heavy (non-hydrogen) atoms. The fraction of sp³-hybridized carbons (Fsp3) is 0.529. The number of methoxy groups -OCH3 is 1. The molecule has 8 rings (SSSR count). The SMILES string of the molecule is CNCC(O)COc1cccc(-c2nc(N3CCN(C)CC3)cc(N(C)C3CCOC(c4ccc(OCC(O)CNC)cc4-c4nc(N(C)c5cnc(OC)nc5)cc(N(C)C5CCOCC5)n4)C3)n2)c1. The zero-order chi connectivity index (χ0) is 49.9. The summed E-state index contributed by atoms with van der Waals surface area (Å²) in [6.45, 7) is 6.49. The molecule has 3 aromatic heterocycles. The number of likely N-dealkylation sites (N-methyl/N-ethyl adjacent to an activating group) is 3. The van der Waals surface area contributed by atoms with Crippen LogP contribution in [0.4, 0.5) is 29.0 Å². The average Bonchev–Trinajstić information content (AvgIpc) is 3.41. The fourth-order valence-corrected chi connectivity index (χ4v) is 9.14. The van der Waals surface area contributed by atoms with E-state index in [1.54, 1.807) is 26.5 Å². The van der Waals surface area contributed by atoms with Crippen LogP contribution in [0, 0.1) is 0 Å². The average molecular weight is 978 g/mol. The first-order valence-electron chi connectivity index (χ1n) is 24.6. The van der Waals surface area contributed by atoms with Crippen molar-refractivity contribution in [1.82, 2.24) is 45.4 Å². The molecule has 4 atom stereocenters. The Kier molecular flexibility index (Phi) is 17.7. The number of aliphatic hydroxyl groups is 2. The summed E-state index contributed by atoms with van der Waals surface area (Å²) in [6.07, 6.45) is 4.87. The first-order valence-corrected chi connectivity index (χ1v) is 24.6. The highest BCUT2D eigenvalue weighted by molar-refractivity contribution is 5.70. The molecule has 2 aromatic carbocycles. The Labute approximate surface area is 417 Å². The van der Waals surface area contributed by atoms with E-state index in [0.29, 0.717) is 68.3 Å². The normalized spacial score (nSPS) is 18.7. The van der Waals surface area contributed by atoms with Gasteiger partial charge in [-0.1, -0.05) is 18.2 Å². The van der Waals surface area contributed by atoms with Gasteiger partial charge < -0.3 is 69.0 Å². The monoisotopic (exact) mass is 978 g/mol. The number of rotatable bonds is 21. The maximum atomic E-state index is 10.6. The molecule has 0 radical (unpaired) electrons. The summed E-state index contributed by atoms with van der Waals surface area (Å²) in [6, 6.07) is 18.3. The van der Waals surface area contributed by atoms with Gasteiger partial charge in [-0.15, -0.1) is 0 Å². The van der Waals surface area contributed by atoms with Gasteiger partial charge in [0, 0.05) is 116 Å². The maximum absolute atomic E-state index is 10.6. The number of aromatic nitrogens is 6. The summed E-state index contributed by atoms with van der Waals surface area (Å²) in [5, 5.41) is 27.0. The Morgan fingerprint density at radius 3 is 2.06 bits per heavy atom. The summed E-state index contributed by atoms with van der Waals surface area (Å²) in [7, 11) is 13.4. The Balaban J connectivity index is 1.15. The van der Waals surface area contributed by atoms with Gasteiger partial charge in [-0.25, -0.2) is 29.9 Å². The molecule has 3 fully saturated rings. The zero-order valence-electron chi connectivity index (χ0n) is 42.2. The van der Waals surface area contributed by atoms with Crippen molar-refractivity contribution < 1.29 is 33.9 Å². The quantitative estimate of drug-likeness (QED) is 0.0826. The molecule has 20 heteroatoms. The smallest absolute Gasteiger partial charge is 0.316 e. The third kappa shape index (κ3) is 13.1. The highest BCUT2D eigenvalue weighted by Gasteiger charge is 2.32. The van der Waals surface area contributed by atoms with Gasteiger partial charge in [0.2, 0.25) is 0 Å². The molecule has 20 nitrogen and oxygen atoms in total. The number of nitrogens with one attached hydrogen (secondary N) is 2. The van der Waals surface area contributed by atoms with Gasteiger partial charge in [-0.05, 0) is 76.7 Å². The van der Waals surface area contributed by atoms with Gasteiger partial charge in [-0.3, -0.25) is 0 Å². The van der Waals surface area contributed by atoms with E-state index in [4.69, 9.17) is 43.6 Å². The van der Waals surface area contributed by atoms with Crippen molar-refractivity contribution in [2.75, 3.05) is 141 Å². The minimum Gasteiger partial charge on any atom is -0.491 e. The third-order valence-electron chi connectivity index (χ3n) is 13.5. The van der Waals surface area contributed by atoms with E-state index < -0.39 is 12.2 Å². The van der Waals surface area contributed by atoms with Crippen LogP contribution in [0.3, 0.4) is 0 Å². The molecule has 4 N–H and O–H groups in total. The molecule has 0 bridgehead atoms. The maximum Gasteiger partial charge on any atom is 0.316 e. The first-order chi connectivity index (χ1) is 34.5. The molecular weight excluding hydrogens is 907 g/mol. The van der Waals surface area contributed by atoms with E-state index in [1.165, 1.54) is 7.11 Å². The number of nitrogens with zero attached hydrogens (tertiary/aromatic N) is 11. The van der Waals surface area contributed by atoms with Crippen molar-refractivity contribution in [1.29, 1.82) is 0 Å². The van der Waals surface area contributed by atoms with Gasteiger partial charge in [-0.2, -0.15) is 0 Å². The second kappa shape index (κ2) is 24.4. The van der Waals surface area contributed by atoms with Crippen LogP contribution in [0.2, 0.25) is 0 Å². The summed E-state index contributed by atoms with van der Waals surface area (Å²) in [5.74, 6) is 5.35. The van der Waals surface area contributed by atoms with E-state index in [1.807, 2.05) is 60.5 Å². The second-order valence-electron chi connectivity index (χ2n) is 18.5. The largest absolute Gasteiger partial charge is 0.491 e. The number of anilines is 5. The Morgan fingerprint density at radius 2 is 1.37 bits per heavy atom. The van der Waals surface area contributed by atoms with Crippen LogP contribution in [0.5, 0.6) is 17.5 Å². The molecule has 0 saturated carbocycles. The Hall–Kier alpha value is -6.00. The summed E-state index contributed by atoms with van der Waals surface area (Å²) in [5.41, 5.74) is 3.21. The van der Waals surface area contributed by atoms with Crippen molar-refractivity contribution in [3.8, 4) is 40.3 Å². The topological polar surface area (TPSA) is 204 Å². The van der Waals surface area contributed by atoms with Crippen LogP contribution >= 0.6 is 0 Å². The van der Waals surface area contributed by atoms with Gasteiger partial charge in [0.15, 0.2) is 11.6 Å². The molecule has 6 heterocycles. The molecule has 0 amide bonds. The third-order valence-corrected chi connectivity index (χ3v) is 13.5. The van der Waals surface area contributed by atoms with E-state index >= 15 is 0 Å². The minimum absolute atomic E-state index is 0.0318. The predicted molar refractivity (Wildman–Crippen MR) is 275 cm³/mol. The number of benzene rings is 2. The molecule has 3 aliphatic heterocycles. The molecule has 0 spiro atoms. The van der Waals surface area contributed by atoms with Crippen LogP contribution in [-0.4, -0.2) is 191 Å². The van der Waals surface area contributed by atoms with Crippen LogP contribution in [0.15, 0.2) is 67.0 Å². The summed E-state index contributed by atoms with van der Waals surface area (Å²) < 4.78 is 30.0. The minimum atomic E-state index is -0.709. The van der Waals surface area contributed by atoms with Crippen molar-refractivity contribution >= 4 is 29.0 Å². The number of hydrogen-bond donors (Lipinski definition) is 4. The van der Waals surface area contributed by atoms with Crippen molar-refractivity contribution in [2.24, 2.45) is 0 Å². The van der Waals surface area contributed by atoms with E-state index in [2.05, 4.69) is 67.4 Å². The summed E-state index contributed by atoms with van der Waals surface area (Å²) >= 11 is 0. The van der Waals surface area contributed by atoms with Crippen molar-refractivity contribution in [3.63, 3.8) is 0 Å². The molecule has 3 saturated heterocycles. The molecule has 0 aliphatic carbocycles. The lowest BCUT2D eigenvalue weighted by Crippen LogP contribution is -2.45. The van der Waals surface area contributed by atoms with Crippen molar-refractivity contribution in [3.05, 3.63) is 72.6 Å². The molecule has 3 aliphatic rings. The lowest BCUT2D eigenvalue weighted by Gasteiger charge is -2.38. The predicted octanol–water partition coefficient (Wildman–Crippen LogP) is 3.81. The number of ether oxygens (including phenoxy) is 5. The highest BCUT2D eigenvalue weighted by atomic mass is 16.5. The Bertz CT molecular complexity index is 2480.